The van der Waals surface area contributed by atoms with Crippen molar-refractivity contribution in [3.05, 3.63) is 21.3 Å². The van der Waals surface area contributed by atoms with Gasteiger partial charge in [-0.15, -0.1) is 11.3 Å². The first-order valence-corrected chi connectivity index (χ1v) is 7.97. The van der Waals surface area contributed by atoms with E-state index in [1.807, 2.05) is 6.07 Å². The highest BCUT2D eigenvalue weighted by atomic mass is 35.5. The molecule has 1 aromatic rings. The van der Waals surface area contributed by atoms with Gasteiger partial charge in [0.1, 0.15) is 0 Å². The Bertz CT molecular complexity index is 378. The standard InChI is InChI=1S/C14H23ClN2S/c1-10(2)13-8-16-11(3)9-17(13)7-6-12-4-5-14(15)18-12/h4-5,10-11,13,16H,6-9H2,1-3H3. The van der Waals surface area contributed by atoms with E-state index >= 15 is 0 Å². The van der Waals surface area contributed by atoms with Crippen molar-refractivity contribution in [1.82, 2.24) is 10.2 Å². The van der Waals surface area contributed by atoms with Crippen molar-refractivity contribution in [1.29, 1.82) is 0 Å². The van der Waals surface area contributed by atoms with Gasteiger partial charge in [0.05, 0.1) is 4.34 Å². The average Bonchev–Trinajstić information content (AvgIpc) is 2.72. The zero-order valence-electron chi connectivity index (χ0n) is 11.4. The lowest BCUT2D eigenvalue weighted by atomic mass is 9.98. The van der Waals surface area contributed by atoms with Crippen LogP contribution in [0, 0.1) is 5.92 Å². The molecule has 2 atom stereocenters. The predicted octanol–water partition coefficient (Wildman–Crippen LogP) is 3.26. The summed E-state index contributed by atoms with van der Waals surface area (Å²) in [5.74, 6) is 0.705. The van der Waals surface area contributed by atoms with Crippen LogP contribution in [0.3, 0.4) is 0 Å². The van der Waals surface area contributed by atoms with E-state index in [1.54, 1.807) is 11.3 Å². The van der Waals surface area contributed by atoms with E-state index in [2.05, 4.69) is 37.1 Å². The minimum atomic E-state index is 0.604. The quantitative estimate of drug-likeness (QED) is 0.914. The first-order chi connectivity index (χ1) is 8.56. The Kier molecular flexibility index (Phi) is 5.07. The zero-order valence-corrected chi connectivity index (χ0v) is 13.0. The van der Waals surface area contributed by atoms with Crippen LogP contribution >= 0.6 is 22.9 Å². The van der Waals surface area contributed by atoms with Crippen LogP contribution < -0.4 is 5.32 Å². The molecule has 0 radical (unpaired) electrons. The first kappa shape index (κ1) is 14.3. The van der Waals surface area contributed by atoms with Crippen LogP contribution in [-0.4, -0.2) is 36.6 Å². The van der Waals surface area contributed by atoms with Gasteiger partial charge < -0.3 is 5.32 Å². The van der Waals surface area contributed by atoms with Crippen LogP contribution in [0.5, 0.6) is 0 Å². The fourth-order valence-corrected chi connectivity index (χ4v) is 3.73. The lowest BCUT2D eigenvalue weighted by molar-refractivity contribution is 0.104. The van der Waals surface area contributed by atoms with Crippen molar-refractivity contribution >= 4 is 22.9 Å². The number of thiophene rings is 1. The number of piperazine rings is 1. The summed E-state index contributed by atoms with van der Waals surface area (Å²) in [4.78, 5) is 4.04. The number of rotatable bonds is 4. The van der Waals surface area contributed by atoms with Crippen LogP contribution in [0.25, 0.3) is 0 Å². The van der Waals surface area contributed by atoms with E-state index in [9.17, 15) is 0 Å². The van der Waals surface area contributed by atoms with Gasteiger partial charge in [-0.1, -0.05) is 25.4 Å². The SMILES string of the molecule is CC1CN(CCc2ccc(Cl)s2)C(C(C)C)CN1. The van der Waals surface area contributed by atoms with Crippen molar-refractivity contribution in [2.24, 2.45) is 5.92 Å². The van der Waals surface area contributed by atoms with Gasteiger partial charge in [-0.05, 0) is 31.4 Å². The maximum absolute atomic E-state index is 5.98. The molecule has 0 saturated carbocycles. The average molecular weight is 287 g/mol. The molecule has 1 aliphatic rings. The molecular weight excluding hydrogens is 264 g/mol. The van der Waals surface area contributed by atoms with Gasteiger partial charge in [-0.25, -0.2) is 0 Å². The summed E-state index contributed by atoms with van der Waals surface area (Å²) in [6.07, 6.45) is 1.12. The van der Waals surface area contributed by atoms with Gasteiger partial charge >= 0.3 is 0 Å². The highest BCUT2D eigenvalue weighted by Gasteiger charge is 2.27. The molecule has 1 N–H and O–H groups in total. The first-order valence-electron chi connectivity index (χ1n) is 6.78. The normalized spacial score (nSPS) is 25.8. The van der Waals surface area contributed by atoms with Crippen LogP contribution in [0.4, 0.5) is 0 Å². The molecule has 2 nitrogen and oxygen atoms in total. The minimum absolute atomic E-state index is 0.604. The van der Waals surface area contributed by atoms with Crippen LogP contribution in [0.1, 0.15) is 25.6 Å². The molecule has 0 amide bonds. The van der Waals surface area contributed by atoms with Crippen molar-refractivity contribution < 1.29 is 0 Å². The third-order valence-electron chi connectivity index (χ3n) is 3.70. The maximum Gasteiger partial charge on any atom is 0.0931 e. The largest absolute Gasteiger partial charge is 0.311 e. The molecule has 0 aliphatic carbocycles. The van der Waals surface area contributed by atoms with Crippen molar-refractivity contribution in [3.63, 3.8) is 0 Å². The lowest BCUT2D eigenvalue weighted by Gasteiger charge is -2.41. The topological polar surface area (TPSA) is 15.3 Å². The number of hydrogen-bond acceptors (Lipinski definition) is 3. The third kappa shape index (κ3) is 3.70. The monoisotopic (exact) mass is 286 g/mol. The predicted molar refractivity (Wildman–Crippen MR) is 80.7 cm³/mol. The minimum Gasteiger partial charge on any atom is -0.311 e. The Morgan fingerprint density at radius 2 is 2.28 bits per heavy atom. The summed E-state index contributed by atoms with van der Waals surface area (Å²) < 4.78 is 0.902. The molecule has 1 aromatic heterocycles. The number of nitrogens with one attached hydrogen (secondary N) is 1. The molecule has 2 unspecified atom stereocenters. The molecule has 2 rings (SSSR count). The second kappa shape index (κ2) is 6.38. The third-order valence-corrected chi connectivity index (χ3v) is 4.99. The van der Waals surface area contributed by atoms with Gasteiger partial charge in [-0.3, -0.25) is 4.90 Å². The van der Waals surface area contributed by atoms with Crippen molar-refractivity contribution in [2.75, 3.05) is 19.6 Å². The Morgan fingerprint density at radius 3 is 2.89 bits per heavy atom. The van der Waals surface area contributed by atoms with Gasteiger partial charge in [0, 0.05) is 36.6 Å². The van der Waals surface area contributed by atoms with E-state index in [-0.39, 0.29) is 0 Å². The molecule has 18 heavy (non-hydrogen) atoms. The smallest absolute Gasteiger partial charge is 0.0931 e. The summed E-state index contributed by atoms with van der Waals surface area (Å²) in [5.41, 5.74) is 0. The molecule has 4 heteroatoms. The molecule has 2 heterocycles. The van der Waals surface area contributed by atoms with Gasteiger partial charge in [0.25, 0.3) is 0 Å². The fourth-order valence-electron chi connectivity index (χ4n) is 2.66. The molecule has 0 aromatic carbocycles. The Morgan fingerprint density at radius 1 is 1.50 bits per heavy atom. The highest BCUT2D eigenvalue weighted by molar-refractivity contribution is 7.16. The molecule has 1 saturated heterocycles. The highest BCUT2D eigenvalue weighted by Crippen LogP contribution is 2.23. The molecule has 0 bridgehead atoms. The Balaban J connectivity index is 1.92. The van der Waals surface area contributed by atoms with E-state index < -0.39 is 0 Å². The number of nitrogens with zero attached hydrogens (tertiary/aromatic N) is 1. The summed E-state index contributed by atoms with van der Waals surface area (Å²) in [6.45, 7) is 10.3. The summed E-state index contributed by atoms with van der Waals surface area (Å²) >= 11 is 7.69. The Hall–Kier alpha value is -0.0900. The number of hydrogen-bond donors (Lipinski definition) is 1. The van der Waals surface area contributed by atoms with Crippen LogP contribution in [0.15, 0.2) is 12.1 Å². The second-order valence-corrected chi connectivity index (χ2v) is 7.37. The molecule has 102 valence electrons. The summed E-state index contributed by atoms with van der Waals surface area (Å²) in [5, 5.41) is 3.59. The molecule has 0 spiro atoms. The van der Waals surface area contributed by atoms with Crippen molar-refractivity contribution in [2.45, 2.75) is 39.3 Å². The van der Waals surface area contributed by atoms with E-state index in [4.69, 9.17) is 11.6 Å². The lowest BCUT2D eigenvalue weighted by Crippen LogP contribution is -2.57. The zero-order chi connectivity index (χ0) is 13.1. The van der Waals surface area contributed by atoms with Crippen LogP contribution in [0.2, 0.25) is 4.34 Å². The maximum atomic E-state index is 5.98. The summed E-state index contributed by atoms with van der Waals surface area (Å²) in [6, 6.07) is 5.42. The van der Waals surface area contributed by atoms with Gasteiger partial charge in [0.2, 0.25) is 0 Å². The summed E-state index contributed by atoms with van der Waals surface area (Å²) in [7, 11) is 0. The second-order valence-electron chi connectivity index (χ2n) is 5.57. The van der Waals surface area contributed by atoms with Crippen molar-refractivity contribution in [3.8, 4) is 0 Å². The van der Waals surface area contributed by atoms with E-state index in [0.717, 1.165) is 30.4 Å². The van der Waals surface area contributed by atoms with E-state index in [0.29, 0.717) is 18.0 Å². The van der Waals surface area contributed by atoms with Gasteiger partial charge in [-0.2, -0.15) is 0 Å². The number of halogens is 1. The Labute approximate surface area is 119 Å². The van der Waals surface area contributed by atoms with Gasteiger partial charge in [0.15, 0.2) is 0 Å². The molecular formula is C14H23ClN2S. The molecule has 1 fully saturated rings. The van der Waals surface area contributed by atoms with E-state index in [1.165, 1.54) is 4.88 Å². The fraction of sp³-hybridized carbons (Fsp3) is 0.714. The van der Waals surface area contributed by atoms with Crippen LogP contribution in [-0.2, 0) is 6.42 Å². The molecule has 1 aliphatic heterocycles.